The number of ketones is 1. The van der Waals surface area contributed by atoms with Gasteiger partial charge < -0.3 is 0 Å². The van der Waals surface area contributed by atoms with Crippen LogP contribution in [0, 0.1) is 11.8 Å². The monoisotopic (exact) mass is 452 g/mol. The number of carbonyl (C=O) groups excluding carboxylic acids is 1. The quantitative estimate of drug-likeness (QED) is 0.396. The molecule has 5 rings (SSSR count). The second kappa shape index (κ2) is 11.1. The number of Topliss-reactive ketones (excluding diaryl/α,β-unsaturated/α-hetero) is 1. The summed E-state index contributed by atoms with van der Waals surface area (Å²) in [5, 5.41) is 0. The Morgan fingerprint density at radius 2 is 2.00 bits per heavy atom. The van der Waals surface area contributed by atoms with Crippen LogP contribution in [0.25, 0.3) is 0 Å². The Labute approximate surface area is 204 Å². The van der Waals surface area contributed by atoms with E-state index in [1.54, 1.807) is 5.57 Å². The Balaban J connectivity index is 1.16. The first kappa shape index (κ1) is 23.0. The van der Waals surface area contributed by atoms with Crippen LogP contribution < -0.4 is 0 Å². The first-order valence-electron chi connectivity index (χ1n) is 13.2. The van der Waals surface area contributed by atoms with Crippen molar-refractivity contribution in [3.63, 3.8) is 0 Å². The van der Waals surface area contributed by atoms with Crippen molar-refractivity contribution in [2.45, 2.75) is 76.7 Å². The predicted molar refractivity (Wildman–Crippen MR) is 141 cm³/mol. The number of nitrogens with zero attached hydrogens (tertiary/aromatic N) is 2. The number of hydrogen-bond acceptors (Lipinski definition) is 3. The lowest BCUT2D eigenvalue weighted by molar-refractivity contribution is -0.120. The second-order valence-corrected chi connectivity index (χ2v) is 10.2. The van der Waals surface area contributed by atoms with Gasteiger partial charge in [0.1, 0.15) is 5.78 Å². The molecule has 1 fully saturated rings. The van der Waals surface area contributed by atoms with Crippen LogP contribution in [0.4, 0.5) is 0 Å². The van der Waals surface area contributed by atoms with Gasteiger partial charge in [0.2, 0.25) is 0 Å². The molecule has 2 heterocycles. The zero-order chi connectivity index (χ0) is 23.2. The van der Waals surface area contributed by atoms with Crippen molar-refractivity contribution in [1.29, 1.82) is 0 Å². The third-order valence-corrected chi connectivity index (χ3v) is 7.90. The number of allylic oxidation sites excluding steroid dienone is 6. The molecular formula is C31H36N2O. The van der Waals surface area contributed by atoms with Crippen LogP contribution in [0.15, 0.2) is 82.0 Å². The molecule has 3 heteroatoms. The number of aliphatic imine (C=N–C) groups is 2. The highest BCUT2D eigenvalue weighted by molar-refractivity contribution is 6.05. The van der Waals surface area contributed by atoms with Crippen molar-refractivity contribution >= 4 is 17.7 Å². The van der Waals surface area contributed by atoms with Crippen molar-refractivity contribution in [3.8, 4) is 0 Å². The first-order valence-corrected chi connectivity index (χ1v) is 13.2. The van der Waals surface area contributed by atoms with Crippen LogP contribution in [-0.2, 0) is 11.2 Å². The number of aryl methyl sites for hydroxylation is 1. The van der Waals surface area contributed by atoms with Gasteiger partial charge in [-0.3, -0.25) is 14.8 Å². The Bertz CT molecular complexity index is 1070. The smallest absolute Gasteiger partial charge is 0.133 e. The topological polar surface area (TPSA) is 41.8 Å². The normalized spacial score (nSPS) is 26.2. The van der Waals surface area contributed by atoms with Crippen LogP contribution in [-0.4, -0.2) is 17.7 Å². The van der Waals surface area contributed by atoms with E-state index in [0.29, 0.717) is 24.0 Å². The average Bonchev–Trinajstić information content (AvgIpc) is 3.19. The fraction of sp³-hybridized carbons (Fsp3) is 0.452. The van der Waals surface area contributed by atoms with Crippen LogP contribution >= 0.6 is 0 Å². The summed E-state index contributed by atoms with van der Waals surface area (Å²) in [6.45, 7) is 0. The maximum atomic E-state index is 13.0. The summed E-state index contributed by atoms with van der Waals surface area (Å²) in [7, 11) is 0. The van der Waals surface area contributed by atoms with E-state index in [0.717, 1.165) is 38.5 Å². The zero-order valence-corrected chi connectivity index (χ0v) is 20.2. The lowest BCUT2D eigenvalue weighted by Crippen LogP contribution is -2.18. The summed E-state index contributed by atoms with van der Waals surface area (Å²) in [6, 6.07) is 8.56. The highest BCUT2D eigenvalue weighted by Crippen LogP contribution is 2.35. The second-order valence-electron chi connectivity index (χ2n) is 10.2. The van der Waals surface area contributed by atoms with E-state index in [1.165, 1.54) is 48.1 Å². The molecule has 2 aliphatic carbocycles. The van der Waals surface area contributed by atoms with E-state index in [9.17, 15) is 4.79 Å². The standard InChI is InChI=1S/C31H36N2O/c34-27(19-18-25-10-1-3-13-28(25)30-15-7-20-32-30)22-23-8-5-11-26(17-16-23)31-29-14-4-2-9-24(29)12-6-21-33-31/h1,3-4,6-7,10,13-15,20-21,23,26,30H,2,5,8-9,11-12,16-19,22H2/t23-,26?,30?/m1/s1. The van der Waals surface area contributed by atoms with Crippen LogP contribution in [0.3, 0.4) is 0 Å². The predicted octanol–water partition coefficient (Wildman–Crippen LogP) is 7.46. The van der Waals surface area contributed by atoms with Crippen LogP contribution in [0.2, 0.25) is 0 Å². The van der Waals surface area contributed by atoms with Crippen LogP contribution in [0.5, 0.6) is 0 Å². The van der Waals surface area contributed by atoms with Gasteiger partial charge in [-0.15, -0.1) is 0 Å². The molecule has 3 nitrogen and oxygen atoms in total. The molecule has 2 unspecified atom stereocenters. The van der Waals surface area contributed by atoms with Gasteiger partial charge in [-0.1, -0.05) is 67.0 Å². The fourth-order valence-electron chi connectivity index (χ4n) is 6.05. The molecule has 1 saturated carbocycles. The van der Waals surface area contributed by atoms with Crippen molar-refractivity contribution in [3.05, 3.63) is 83.1 Å². The third kappa shape index (κ3) is 5.46. The third-order valence-electron chi connectivity index (χ3n) is 7.90. The highest BCUT2D eigenvalue weighted by atomic mass is 16.1. The molecular weight excluding hydrogens is 416 g/mol. The van der Waals surface area contributed by atoms with E-state index in [4.69, 9.17) is 4.99 Å². The lowest BCUT2D eigenvalue weighted by Gasteiger charge is -2.22. The van der Waals surface area contributed by atoms with E-state index in [-0.39, 0.29) is 6.04 Å². The Morgan fingerprint density at radius 1 is 1.06 bits per heavy atom. The molecule has 2 aliphatic heterocycles. The zero-order valence-electron chi connectivity index (χ0n) is 20.2. The first-order chi connectivity index (χ1) is 16.8. The van der Waals surface area contributed by atoms with E-state index >= 15 is 0 Å². The Kier molecular flexibility index (Phi) is 7.48. The number of rotatable bonds is 7. The van der Waals surface area contributed by atoms with Gasteiger partial charge in [-0.05, 0) is 73.6 Å². The average molecular weight is 453 g/mol. The number of carbonyl (C=O) groups is 1. The summed E-state index contributed by atoms with van der Waals surface area (Å²) in [5.41, 5.74) is 6.78. The Morgan fingerprint density at radius 3 is 2.91 bits per heavy atom. The molecule has 0 saturated heterocycles. The fourth-order valence-corrected chi connectivity index (χ4v) is 6.05. The summed E-state index contributed by atoms with van der Waals surface area (Å²) < 4.78 is 0. The summed E-state index contributed by atoms with van der Waals surface area (Å²) in [4.78, 5) is 22.4. The van der Waals surface area contributed by atoms with Crippen molar-refractivity contribution in [2.24, 2.45) is 21.8 Å². The van der Waals surface area contributed by atoms with Gasteiger partial charge in [0.15, 0.2) is 0 Å². The van der Waals surface area contributed by atoms with E-state index < -0.39 is 0 Å². The van der Waals surface area contributed by atoms with Gasteiger partial charge >= 0.3 is 0 Å². The lowest BCUT2D eigenvalue weighted by atomic mass is 9.84. The molecule has 0 spiro atoms. The molecule has 0 N–H and O–H groups in total. The van der Waals surface area contributed by atoms with Gasteiger partial charge in [-0.2, -0.15) is 0 Å². The summed E-state index contributed by atoms with van der Waals surface area (Å²) in [5.74, 6) is 1.47. The molecule has 0 aromatic heterocycles. The molecule has 3 atom stereocenters. The largest absolute Gasteiger partial charge is 0.300 e. The maximum Gasteiger partial charge on any atom is 0.133 e. The number of hydrogen-bond donors (Lipinski definition) is 0. The van der Waals surface area contributed by atoms with Crippen molar-refractivity contribution < 1.29 is 4.79 Å². The summed E-state index contributed by atoms with van der Waals surface area (Å²) >= 11 is 0. The Hall–Kier alpha value is -2.81. The number of benzene rings is 1. The minimum absolute atomic E-state index is 0.112. The maximum absolute atomic E-state index is 13.0. The molecule has 34 heavy (non-hydrogen) atoms. The van der Waals surface area contributed by atoms with Crippen molar-refractivity contribution in [2.75, 3.05) is 0 Å². The molecule has 1 aromatic carbocycles. The minimum atomic E-state index is 0.112. The van der Waals surface area contributed by atoms with E-state index in [2.05, 4.69) is 53.6 Å². The molecule has 1 aromatic rings. The molecule has 0 amide bonds. The minimum Gasteiger partial charge on any atom is -0.300 e. The van der Waals surface area contributed by atoms with Gasteiger partial charge in [0, 0.05) is 31.2 Å². The summed E-state index contributed by atoms with van der Waals surface area (Å²) in [6.07, 6.45) is 26.3. The highest BCUT2D eigenvalue weighted by Gasteiger charge is 2.27. The van der Waals surface area contributed by atoms with Gasteiger partial charge in [0.25, 0.3) is 0 Å². The van der Waals surface area contributed by atoms with Gasteiger partial charge in [0.05, 0.1) is 11.8 Å². The van der Waals surface area contributed by atoms with Gasteiger partial charge in [-0.25, -0.2) is 0 Å². The van der Waals surface area contributed by atoms with Crippen molar-refractivity contribution in [1.82, 2.24) is 0 Å². The molecule has 4 aliphatic rings. The molecule has 0 bridgehead atoms. The molecule has 176 valence electrons. The SMILES string of the molecule is O=C(CCc1ccccc1C1C=CC=N1)C[C@@H]1CCCC(C2=NC=CCC3=C2C=CCC3)CC1. The van der Waals surface area contributed by atoms with Crippen LogP contribution in [0.1, 0.15) is 81.4 Å². The molecule has 0 radical (unpaired) electrons. The van der Waals surface area contributed by atoms with E-state index in [1.807, 2.05) is 18.5 Å².